The Balaban J connectivity index is 1.30. The normalized spacial score (nSPS) is 19.7. The molecular formula is C23H27N5OS. The zero-order valence-electron chi connectivity index (χ0n) is 17.3. The van der Waals surface area contributed by atoms with Gasteiger partial charge in [0.15, 0.2) is 5.13 Å². The Hall–Kier alpha value is -2.51. The molecule has 1 aliphatic carbocycles. The van der Waals surface area contributed by atoms with Crippen molar-refractivity contribution in [1.82, 2.24) is 19.7 Å². The van der Waals surface area contributed by atoms with Gasteiger partial charge in [-0.05, 0) is 50.3 Å². The van der Waals surface area contributed by atoms with E-state index in [0.29, 0.717) is 16.6 Å². The molecule has 1 N–H and O–H groups in total. The second-order valence-corrected chi connectivity index (χ2v) is 9.40. The van der Waals surface area contributed by atoms with Gasteiger partial charge in [0.25, 0.3) is 5.91 Å². The summed E-state index contributed by atoms with van der Waals surface area (Å²) in [4.78, 5) is 20.2. The van der Waals surface area contributed by atoms with Crippen LogP contribution in [-0.2, 0) is 6.54 Å². The first-order chi connectivity index (χ1) is 14.7. The smallest absolute Gasteiger partial charge is 0.260 e. The average Bonchev–Trinajstić information content (AvgIpc) is 3.34. The summed E-state index contributed by atoms with van der Waals surface area (Å²) in [5, 5.41) is 10.3. The Morgan fingerprint density at radius 1 is 1.23 bits per heavy atom. The van der Waals surface area contributed by atoms with Crippen molar-refractivity contribution < 1.29 is 4.79 Å². The van der Waals surface area contributed by atoms with Crippen LogP contribution in [0.3, 0.4) is 0 Å². The number of rotatable bonds is 6. The number of para-hydroxylation sites is 1. The summed E-state index contributed by atoms with van der Waals surface area (Å²) in [6.07, 6.45) is 6.47. The minimum absolute atomic E-state index is 0.119. The molecular weight excluding hydrogens is 394 g/mol. The van der Waals surface area contributed by atoms with Crippen LogP contribution in [0.5, 0.6) is 0 Å². The molecule has 6 nitrogen and oxygen atoms in total. The molecule has 1 aromatic carbocycles. The molecule has 1 atom stereocenters. The van der Waals surface area contributed by atoms with Crippen LogP contribution in [0.25, 0.3) is 5.69 Å². The fourth-order valence-corrected chi connectivity index (χ4v) is 5.01. The van der Waals surface area contributed by atoms with Gasteiger partial charge < -0.3 is 0 Å². The molecule has 7 heteroatoms. The molecule has 2 aromatic heterocycles. The van der Waals surface area contributed by atoms with Crippen molar-refractivity contribution in [3.8, 4) is 5.69 Å². The molecule has 30 heavy (non-hydrogen) atoms. The molecule has 0 spiro atoms. The first-order valence-electron chi connectivity index (χ1n) is 10.8. The summed E-state index contributed by atoms with van der Waals surface area (Å²) < 4.78 is 1.91. The number of anilines is 1. The number of benzene rings is 1. The van der Waals surface area contributed by atoms with Gasteiger partial charge in [-0.1, -0.05) is 25.1 Å². The number of carbonyl (C=O) groups excluding carboxylic acids is 1. The lowest BCUT2D eigenvalue weighted by Gasteiger charge is -2.30. The number of amides is 1. The van der Waals surface area contributed by atoms with Gasteiger partial charge in [0.05, 0.1) is 28.8 Å². The summed E-state index contributed by atoms with van der Waals surface area (Å²) in [6.45, 7) is 5.43. The van der Waals surface area contributed by atoms with Crippen LogP contribution >= 0.6 is 11.3 Å². The van der Waals surface area contributed by atoms with Crippen molar-refractivity contribution in [1.29, 1.82) is 0 Å². The highest BCUT2D eigenvalue weighted by Crippen LogP contribution is 2.42. The maximum atomic E-state index is 13.0. The summed E-state index contributed by atoms with van der Waals surface area (Å²) in [5.74, 6) is 1.03. The molecule has 1 amide bonds. The third-order valence-electron chi connectivity index (χ3n) is 5.91. The molecule has 3 heterocycles. The maximum Gasteiger partial charge on any atom is 0.260 e. The van der Waals surface area contributed by atoms with Gasteiger partial charge in [0, 0.05) is 24.4 Å². The van der Waals surface area contributed by atoms with Crippen molar-refractivity contribution in [3.63, 3.8) is 0 Å². The predicted octanol–water partition coefficient (Wildman–Crippen LogP) is 4.69. The van der Waals surface area contributed by atoms with Gasteiger partial charge in [-0.25, -0.2) is 9.67 Å². The number of piperidine rings is 1. The Labute approximate surface area is 180 Å². The third-order valence-corrected chi connectivity index (χ3v) is 6.72. The van der Waals surface area contributed by atoms with Gasteiger partial charge in [-0.15, -0.1) is 11.3 Å². The predicted molar refractivity (Wildman–Crippen MR) is 119 cm³/mol. The van der Waals surface area contributed by atoms with Gasteiger partial charge in [-0.2, -0.15) is 5.10 Å². The second-order valence-electron chi connectivity index (χ2n) is 8.55. The largest absolute Gasteiger partial charge is 0.298 e. The number of thiazole rings is 1. The minimum atomic E-state index is -0.119. The van der Waals surface area contributed by atoms with E-state index in [2.05, 4.69) is 32.6 Å². The minimum Gasteiger partial charge on any atom is -0.298 e. The zero-order chi connectivity index (χ0) is 20.5. The summed E-state index contributed by atoms with van der Waals surface area (Å²) in [6, 6.07) is 10.0. The lowest BCUT2D eigenvalue weighted by molar-refractivity contribution is 0.102. The van der Waals surface area contributed by atoms with E-state index >= 15 is 0 Å². The molecule has 2 fully saturated rings. The van der Waals surface area contributed by atoms with Crippen LogP contribution in [0.1, 0.15) is 60.3 Å². The Bertz CT molecular complexity index is 1020. The van der Waals surface area contributed by atoms with E-state index in [1.165, 1.54) is 24.2 Å². The van der Waals surface area contributed by atoms with E-state index in [4.69, 9.17) is 0 Å². The molecule has 1 saturated carbocycles. The van der Waals surface area contributed by atoms with Crippen molar-refractivity contribution in [2.24, 2.45) is 5.92 Å². The van der Waals surface area contributed by atoms with E-state index in [1.54, 1.807) is 6.20 Å². The standard InChI is InChI=1S/C23H27N5OS/c1-16-6-5-11-27(13-16)14-18-15-30-23(25-18)26-22(29)20-12-24-28(21(20)17-9-10-17)19-7-3-2-4-8-19/h2-4,7-8,12,15-17H,5-6,9-11,13-14H2,1H3,(H,25,26,29)/t16-/m1/s1. The monoisotopic (exact) mass is 421 g/mol. The Kier molecular flexibility index (Phi) is 5.39. The van der Waals surface area contributed by atoms with Crippen LogP contribution in [0, 0.1) is 5.92 Å². The molecule has 0 unspecified atom stereocenters. The number of nitrogens with zero attached hydrogens (tertiary/aromatic N) is 4. The quantitative estimate of drug-likeness (QED) is 0.627. The summed E-state index contributed by atoms with van der Waals surface area (Å²) in [7, 11) is 0. The first-order valence-corrected chi connectivity index (χ1v) is 11.7. The molecule has 3 aromatic rings. The number of nitrogens with one attached hydrogen (secondary N) is 1. The Morgan fingerprint density at radius 2 is 2.07 bits per heavy atom. The highest BCUT2D eigenvalue weighted by atomic mass is 32.1. The third kappa shape index (κ3) is 4.18. The summed E-state index contributed by atoms with van der Waals surface area (Å²) in [5.41, 5.74) is 3.69. The van der Waals surface area contributed by atoms with Crippen LogP contribution in [0.2, 0.25) is 0 Å². The second kappa shape index (κ2) is 8.32. The summed E-state index contributed by atoms with van der Waals surface area (Å²) >= 11 is 1.50. The van der Waals surface area contributed by atoms with Crippen molar-refractivity contribution >= 4 is 22.4 Å². The van der Waals surface area contributed by atoms with Gasteiger partial charge in [-0.3, -0.25) is 15.0 Å². The van der Waals surface area contributed by atoms with Crippen molar-refractivity contribution in [2.75, 3.05) is 18.4 Å². The molecule has 2 aliphatic rings. The SMILES string of the molecule is C[C@@H]1CCCN(Cc2csc(NC(=O)c3cnn(-c4ccccc4)c3C3CC3)n2)C1. The molecule has 0 bridgehead atoms. The van der Waals surface area contributed by atoms with E-state index in [-0.39, 0.29) is 5.91 Å². The van der Waals surface area contributed by atoms with Crippen LogP contribution in [-0.4, -0.2) is 38.7 Å². The number of carbonyl (C=O) groups is 1. The topological polar surface area (TPSA) is 63.1 Å². The molecule has 5 rings (SSSR count). The van der Waals surface area contributed by atoms with E-state index in [1.807, 2.05) is 35.0 Å². The first kappa shape index (κ1) is 19.5. The van der Waals surface area contributed by atoms with Crippen molar-refractivity contribution in [3.05, 3.63) is 58.9 Å². The Morgan fingerprint density at radius 3 is 2.83 bits per heavy atom. The van der Waals surface area contributed by atoms with Crippen LogP contribution < -0.4 is 5.32 Å². The molecule has 1 saturated heterocycles. The van der Waals surface area contributed by atoms with Gasteiger partial charge in [0.1, 0.15) is 0 Å². The number of hydrogen-bond donors (Lipinski definition) is 1. The lowest BCUT2D eigenvalue weighted by Crippen LogP contribution is -2.33. The van der Waals surface area contributed by atoms with E-state index in [9.17, 15) is 4.79 Å². The maximum absolute atomic E-state index is 13.0. The van der Waals surface area contributed by atoms with E-state index < -0.39 is 0 Å². The lowest BCUT2D eigenvalue weighted by atomic mass is 10.0. The van der Waals surface area contributed by atoms with Crippen molar-refractivity contribution in [2.45, 2.75) is 45.1 Å². The molecule has 0 radical (unpaired) electrons. The molecule has 156 valence electrons. The number of hydrogen-bond acceptors (Lipinski definition) is 5. The van der Waals surface area contributed by atoms with E-state index in [0.717, 1.165) is 55.5 Å². The fraction of sp³-hybridized carbons (Fsp3) is 0.435. The fourth-order valence-electron chi connectivity index (χ4n) is 4.32. The highest BCUT2D eigenvalue weighted by Gasteiger charge is 2.33. The number of aromatic nitrogens is 3. The molecule has 1 aliphatic heterocycles. The van der Waals surface area contributed by atoms with Crippen LogP contribution in [0.15, 0.2) is 41.9 Å². The van der Waals surface area contributed by atoms with Crippen LogP contribution in [0.4, 0.5) is 5.13 Å². The van der Waals surface area contributed by atoms with Gasteiger partial charge in [0.2, 0.25) is 0 Å². The average molecular weight is 422 g/mol. The zero-order valence-corrected chi connectivity index (χ0v) is 18.1. The van der Waals surface area contributed by atoms with Gasteiger partial charge >= 0.3 is 0 Å². The number of likely N-dealkylation sites (tertiary alicyclic amines) is 1. The highest BCUT2D eigenvalue weighted by molar-refractivity contribution is 7.14.